The van der Waals surface area contributed by atoms with E-state index in [1.807, 2.05) is 18.2 Å². The van der Waals surface area contributed by atoms with Crippen LogP contribution in [0.3, 0.4) is 0 Å². The van der Waals surface area contributed by atoms with Crippen molar-refractivity contribution in [1.82, 2.24) is 0 Å². The average molecular weight is 227 g/mol. The van der Waals surface area contributed by atoms with Crippen molar-refractivity contribution in [3.05, 3.63) is 34.9 Å². The largest absolute Gasteiger partial charge is 0.388 e. The second-order valence-corrected chi connectivity index (χ2v) is 4.38. The van der Waals surface area contributed by atoms with Crippen LogP contribution in [-0.4, -0.2) is 17.8 Å². The molecule has 0 aliphatic carbocycles. The number of hydrogen-bond donors (Lipinski definition) is 1. The van der Waals surface area contributed by atoms with Crippen LogP contribution in [0.5, 0.6) is 0 Å². The lowest BCUT2D eigenvalue weighted by atomic mass is 10.0. The summed E-state index contributed by atoms with van der Waals surface area (Å²) >= 11 is 5.86. The van der Waals surface area contributed by atoms with Gasteiger partial charge >= 0.3 is 0 Å². The number of benzene rings is 1. The van der Waals surface area contributed by atoms with E-state index in [-0.39, 0.29) is 6.10 Å². The van der Waals surface area contributed by atoms with E-state index in [0.29, 0.717) is 11.4 Å². The third kappa shape index (κ3) is 2.94. The minimum absolute atomic E-state index is 0.207. The highest BCUT2D eigenvalue weighted by Gasteiger charge is 2.20. The average Bonchev–Trinajstić information content (AvgIpc) is 2.70. The van der Waals surface area contributed by atoms with Gasteiger partial charge in [0, 0.05) is 18.1 Å². The maximum absolute atomic E-state index is 9.97. The normalized spacial score (nSPS) is 22.9. The smallest absolute Gasteiger partial charge is 0.0815 e. The summed E-state index contributed by atoms with van der Waals surface area (Å²) in [6, 6.07) is 7.37. The molecule has 0 radical (unpaired) electrons. The van der Waals surface area contributed by atoms with E-state index in [2.05, 4.69) is 0 Å². The van der Waals surface area contributed by atoms with Gasteiger partial charge in [0.15, 0.2) is 0 Å². The molecule has 82 valence electrons. The van der Waals surface area contributed by atoms with Gasteiger partial charge in [0.1, 0.15) is 0 Å². The molecule has 3 heteroatoms. The third-order valence-electron chi connectivity index (χ3n) is 2.74. The van der Waals surface area contributed by atoms with Gasteiger partial charge in [-0.3, -0.25) is 0 Å². The number of hydrogen-bond acceptors (Lipinski definition) is 2. The Hall–Kier alpha value is -0.570. The van der Waals surface area contributed by atoms with Crippen molar-refractivity contribution in [2.75, 3.05) is 6.61 Å². The number of rotatable bonds is 3. The molecule has 1 aliphatic heterocycles. The van der Waals surface area contributed by atoms with Gasteiger partial charge in [-0.2, -0.15) is 0 Å². The molecule has 0 amide bonds. The summed E-state index contributed by atoms with van der Waals surface area (Å²) in [4.78, 5) is 0. The molecule has 1 N–H and O–H groups in total. The highest BCUT2D eigenvalue weighted by Crippen LogP contribution is 2.26. The van der Waals surface area contributed by atoms with Gasteiger partial charge < -0.3 is 9.84 Å². The number of ether oxygens (including phenoxy) is 1. The first-order valence-corrected chi connectivity index (χ1v) is 5.68. The molecule has 1 aliphatic rings. The third-order valence-corrected chi connectivity index (χ3v) is 2.98. The lowest BCUT2D eigenvalue weighted by Gasteiger charge is -2.15. The maximum Gasteiger partial charge on any atom is 0.0815 e. The second-order valence-electron chi connectivity index (χ2n) is 3.94. The maximum atomic E-state index is 9.97. The van der Waals surface area contributed by atoms with E-state index >= 15 is 0 Å². The van der Waals surface area contributed by atoms with E-state index in [1.165, 1.54) is 0 Å². The molecular formula is C12H15ClO2. The van der Waals surface area contributed by atoms with E-state index in [1.54, 1.807) is 6.07 Å². The van der Waals surface area contributed by atoms with Crippen molar-refractivity contribution in [1.29, 1.82) is 0 Å². The summed E-state index contributed by atoms with van der Waals surface area (Å²) in [6.45, 7) is 0.826. The lowest BCUT2D eigenvalue weighted by Crippen LogP contribution is -2.11. The molecule has 1 aromatic rings. The molecule has 0 bridgehead atoms. The predicted octanol–water partition coefficient (Wildman–Crippen LogP) is 2.94. The van der Waals surface area contributed by atoms with Crippen molar-refractivity contribution in [3.8, 4) is 0 Å². The molecule has 1 aromatic carbocycles. The van der Waals surface area contributed by atoms with Crippen LogP contribution in [-0.2, 0) is 4.74 Å². The topological polar surface area (TPSA) is 29.5 Å². The molecule has 0 aromatic heterocycles. The van der Waals surface area contributed by atoms with Crippen molar-refractivity contribution >= 4 is 11.6 Å². The van der Waals surface area contributed by atoms with Crippen LogP contribution < -0.4 is 0 Å². The van der Waals surface area contributed by atoms with E-state index in [4.69, 9.17) is 16.3 Å². The fourth-order valence-electron chi connectivity index (χ4n) is 1.93. The first-order valence-electron chi connectivity index (χ1n) is 5.31. The van der Waals surface area contributed by atoms with E-state index in [9.17, 15) is 5.11 Å². The molecular weight excluding hydrogens is 212 g/mol. The Bertz CT molecular complexity index is 321. The van der Waals surface area contributed by atoms with Gasteiger partial charge in [0.2, 0.25) is 0 Å². The van der Waals surface area contributed by atoms with E-state index < -0.39 is 6.10 Å². The van der Waals surface area contributed by atoms with Gasteiger partial charge in [-0.25, -0.2) is 0 Å². The summed E-state index contributed by atoms with van der Waals surface area (Å²) in [6.07, 6.45) is 2.57. The summed E-state index contributed by atoms with van der Waals surface area (Å²) < 4.78 is 5.48. The van der Waals surface area contributed by atoms with Crippen LogP contribution in [0.2, 0.25) is 5.02 Å². The van der Waals surface area contributed by atoms with Gasteiger partial charge in [0.25, 0.3) is 0 Å². The van der Waals surface area contributed by atoms with Gasteiger partial charge in [-0.05, 0) is 30.5 Å². The van der Waals surface area contributed by atoms with E-state index in [0.717, 1.165) is 25.0 Å². The second kappa shape index (κ2) is 4.97. The summed E-state index contributed by atoms with van der Waals surface area (Å²) in [5.74, 6) is 0. The zero-order chi connectivity index (χ0) is 10.7. The Kier molecular flexibility index (Phi) is 3.62. The number of aliphatic hydroxyl groups excluding tert-OH is 1. The molecule has 2 atom stereocenters. The standard InChI is InChI=1S/C12H15ClO2/c13-10-4-1-3-9(7-10)12(14)8-11-5-2-6-15-11/h1,3-4,7,11-12,14H,2,5-6,8H2. The quantitative estimate of drug-likeness (QED) is 0.859. The first-order chi connectivity index (χ1) is 7.25. The summed E-state index contributed by atoms with van der Waals surface area (Å²) in [5.41, 5.74) is 0.873. The molecule has 1 saturated heterocycles. The fourth-order valence-corrected chi connectivity index (χ4v) is 2.13. The molecule has 15 heavy (non-hydrogen) atoms. The van der Waals surface area contributed by atoms with Crippen LogP contribution >= 0.6 is 11.6 Å². The van der Waals surface area contributed by atoms with Gasteiger partial charge in [-0.15, -0.1) is 0 Å². The van der Waals surface area contributed by atoms with Crippen molar-refractivity contribution in [2.45, 2.75) is 31.5 Å². The van der Waals surface area contributed by atoms with Crippen LogP contribution in [0.15, 0.2) is 24.3 Å². The zero-order valence-corrected chi connectivity index (χ0v) is 9.28. The summed E-state index contributed by atoms with van der Waals surface area (Å²) in [7, 11) is 0. The monoisotopic (exact) mass is 226 g/mol. The molecule has 2 rings (SSSR count). The predicted molar refractivity (Wildman–Crippen MR) is 60.0 cm³/mol. The van der Waals surface area contributed by atoms with Crippen LogP contribution in [0, 0.1) is 0 Å². The Morgan fingerprint density at radius 1 is 1.53 bits per heavy atom. The molecule has 0 spiro atoms. The molecule has 1 heterocycles. The minimum atomic E-state index is -0.466. The highest BCUT2D eigenvalue weighted by molar-refractivity contribution is 6.30. The molecule has 2 unspecified atom stereocenters. The minimum Gasteiger partial charge on any atom is -0.388 e. The first kappa shape index (κ1) is 10.9. The van der Waals surface area contributed by atoms with Crippen LogP contribution in [0.4, 0.5) is 0 Å². The summed E-state index contributed by atoms with van der Waals surface area (Å²) in [5, 5.41) is 10.6. The Morgan fingerprint density at radius 3 is 3.07 bits per heavy atom. The van der Waals surface area contributed by atoms with Crippen LogP contribution in [0.1, 0.15) is 30.9 Å². The highest BCUT2D eigenvalue weighted by atomic mass is 35.5. The molecule has 1 fully saturated rings. The van der Waals surface area contributed by atoms with Gasteiger partial charge in [0.05, 0.1) is 12.2 Å². The molecule has 2 nitrogen and oxygen atoms in total. The van der Waals surface area contributed by atoms with Crippen LogP contribution in [0.25, 0.3) is 0 Å². The van der Waals surface area contributed by atoms with Crippen molar-refractivity contribution in [3.63, 3.8) is 0 Å². The number of halogens is 1. The van der Waals surface area contributed by atoms with Crippen molar-refractivity contribution in [2.24, 2.45) is 0 Å². The Labute approximate surface area is 94.8 Å². The molecule has 0 saturated carbocycles. The Morgan fingerprint density at radius 2 is 2.40 bits per heavy atom. The Balaban J connectivity index is 1.97. The number of aliphatic hydroxyl groups is 1. The SMILES string of the molecule is OC(CC1CCCO1)c1cccc(Cl)c1. The lowest BCUT2D eigenvalue weighted by molar-refractivity contribution is 0.0535. The fraction of sp³-hybridized carbons (Fsp3) is 0.500. The zero-order valence-electron chi connectivity index (χ0n) is 8.53. The van der Waals surface area contributed by atoms with Crippen molar-refractivity contribution < 1.29 is 9.84 Å². The van der Waals surface area contributed by atoms with Gasteiger partial charge in [-0.1, -0.05) is 23.7 Å².